The summed E-state index contributed by atoms with van der Waals surface area (Å²) < 4.78 is 1.05. The van der Waals surface area contributed by atoms with Crippen molar-refractivity contribution in [3.63, 3.8) is 0 Å². The van der Waals surface area contributed by atoms with Crippen molar-refractivity contribution in [3.05, 3.63) is 20.8 Å². The summed E-state index contributed by atoms with van der Waals surface area (Å²) in [5.41, 5.74) is 0. The summed E-state index contributed by atoms with van der Waals surface area (Å²) in [7, 11) is 0. The summed E-state index contributed by atoms with van der Waals surface area (Å²) in [6.45, 7) is 0.985. The first kappa shape index (κ1) is 13.6. The van der Waals surface area contributed by atoms with Gasteiger partial charge in [0.15, 0.2) is 0 Å². The summed E-state index contributed by atoms with van der Waals surface area (Å²) in [6, 6.07) is 4.45. The van der Waals surface area contributed by atoms with E-state index in [4.69, 9.17) is 0 Å². The third-order valence-electron chi connectivity index (χ3n) is 4.21. The highest BCUT2D eigenvalue weighted by Gasteiger charge is 2.35. The second-order valence-corrected chi connectivity index (χ2v) is 8.26. The molecule has 1 aromatic heterocycles. The van der Waals surface area contributed by atoms with Gasteiger partial charge in [0.2, 0.25) is 0 Å². The second-order valence-electron chi connectivity index (χ2n) is 5.80. The number of carbonyl (C=O) groups excluding carboxylic acids is 1. The summed E-state index contributed by atoms with van der Waals surface area (Å²) in [5, 5.41) is 0. The fourth-order valence-electron chi connectivity index (χ4n) is 3.00. The first-order valence-electron chi connectivity index (χ1n) is 7.30. The highest BCUT2D eigenvalue weighted by Crippen LogP contribution is 2.33. The fraction of sp³-hybridized carbons (Fsp3) is 0.667. The molecule has 2 nitrogen and oxygen atoms in total. The van der Waals surface area contributed by atoms with E-state index in [0.29, 0.717) is 6.04 Å². The van der Waals surface area contributed by atoms with Crippen molar-refractivity contribution in [2.24, 2.45) is 5.92 Å². The minimum Gasteiger partial charge on any atom is -0.335 e. The van der Waals surface area contributed by atoms with Crippen molar-refractivity contribution >= 4 is 33.2 Å². The molecule has 2 aliphatic carbocycles. The molecule has 0 aromatic carbocycles. The predicted molar refractivity (Wildman–Crippen MR) is 82.7 cm³/mol. The van der Waals surface area contributed by atoms with E-state index in [0.717, 1.165) is 21.1 Å². The van der Waals surface area contributed by atoms with E-state index in [1.165, 1.54) is 44.9 Å². The quantitative estimate of drug-likeness (QED) is 0.777. The molecule has 0 bridgehead atoms. The summed E-state index contributed by atoms with van der Waals surface area (Å²) in [6.07, 6.45) is 9.10. The molecule has 2 aliphatic rings. The Balaban J connectivity index is 1.68. The molecule has 0 N–H and O–H groups in total. The molecule has 0 unspecified atom stereocenters. The van der Waals surface area contributed by atoms with Gasteiger partial charge in [0, 0.05) is 12.6 Å². The lowest BCUT2D eigenvalue weighted by atomic mass is 9.89. The molecular formula is C15H20BrNOS. The van der Waals surface area contributed by atoms with Crippen LogP contribution in [0.4, 0.5) is 0 Å². The van der Waals surface area contributed by atoms with Crippen LogP contribution >= 0.6 is 27.3 Å². The Hall–Kier alpha value is -0.350. The number of carbonyl (C=O) groups is 1. The Morgan fingerprint density at radius 3 is 2.53 bits per heavy atom. The summed E-state index contributed by atoms with van der Waals surface area (Å²) in [4.78, 5) is 15.7. The first-order chi connectivity index (χ1) is 9.24. The van der Waals surface area contributed by atoms with Crippen molar-refractivity contribution in [3.8, 4) is 0 Å². The second kappa shape index (κ2) is 5.96. The minimum atomic E-state index is 0.253. The molecule has 0 saturated heterocycles. The maximum Gasteiger partial charge on any atom is 0.264 e. The number of hydrogen-bond donors (Lipinski definition) is 0. The molecule has 1 heterocycles. The topological polar surface area (TPSA) is 20.3 Å². The van der Waals surface area contributed by atoms with Crippen molar-refractivity contribution in [2.45, 2.75) is 51.0 Å². The van der Waals surface area contributed by atoms with E-state index in [1.54, 1.807) is 11.3 Å². The molecular weight excluding hydrogens is 322 g/mol. The smallest absolute Gasteiger partial charge is 0.264 e. The molecule has 0 radical (unpaired) electrons. The minimum absolute atomic E-state index is 0.253. The summed E-state index contributed by atoms with van der Waals surface area (Å²) >= 11 is 5.01. The number of hydrogen-bond acceptors (Lipinski definition) is 2. The highest BCUT2D eigenvalue weighted by molar-refractivity contribution is 9.11. The zero-order valence-electron chi connectivity index (χ0n) is 11.1. The normalized spacial score (nSPS) is 20.5. The monoisotopic (exact) mass is 341 g/mol. The SMILES string of the molecule is O=C(c1ccc(Br)s1)N(CC1CCCCC1)C1CC1. The van der Waals surface area contributed by atoms with Crippen molar-refractivity contribution in [2.75, 3.05) is 6.54 Å². The number of nitrogens with zero attached hydrogens (tertiary/aromatic N) is 1. The largest absolute Gasteiger partial charge is 0.335 e. The molecule has 3 rings (SSSR count). The maximum atomic E-state index is 12.6. The van der Waals surface area contributed by atoms with Gasteiger partial charge < -0.3 is 4.90 Å². The molecule has 0 aliphatic heterocycles. The van der Waals surface area contributed by atoms with Gasteiger partial charge in [-0.05, 0) is 59.7 Å². The zero-order chi connectivity index (χ0) is 13.2. The van der Waals surface area contributed by atoms with E-state index in [9.17, 15) is 4.79 Å². The van der Waals surface area contributed by atoms with Crippen molar-refractivity contribution in [1.29, 1.82) is 0 Å². The van der Waals surface area contributed by atoms with E-state index in [2.05, 4.69) is 20.8 Å². The highest BCUT2D eigenvalue weighted by atomic mass is 79.9. The lowest BCUT2D eigenvalue weighted by Crippen LogP contribution is -2.37. The zero-order valence-corrected chi connectivity index (χ0v) is 13.5. The van der Waals surface area contributed by atoms with Gasteiger partial charge in [-0.3, -0.25) is 4.79 Å². The van der Waals surface area contributed by atoms with E-state index in [-0.39, 0.29) is 5.91 Å². The van der Waals surface area contributed by atoms with E-state index in [1.807, 2.05) is 12.1 Å². The first-order valence-corrected chi connectivity index (χ1v) is 8.91. The van der Waals surface area contributed by atoms with Gasteiger partial charge in [0.25, 0.3) is 5.91 Å². The molecule has 104 valence electrons. The van der Waals surface area contributed by atoms with Crippen LogP contribution in [0.15, 0.2) is 15.9 Å². The summed E-state index contributed by atoms with van der Waals surface area (Å²) in [5.74, 6) is 0.991. The van der Waals surface area contributed by atoms with Crippen molar-refractivity contribution in [1.82, 2.24) is 4.90 Å². The number of rotatable bonds is 4. The van der Waals surface area contributed by atoms with Gasteiger partial charge in [-0.15, -0.1) is 11.3 Å². The molecule has 19 heavy (non-hydrogen) atoms. The fourth-order valence-corrected chi connectivity index (χ4v) is 4.34. The lowest BCUT2D eigenvalue weighted by molar-refractivity contribution is 0.0704. The molecule has 1 aromatic rings. The third-order valence-corrected chi connectivity index (χ3v) is 5.82. The van der Waals surface area contributed by atoms with Crippen LogP contribution in [-0.4, -0.2) is 23.4 Å². The average molecular weight is 342 g/mol. The lowest BCUT2D eigenvalue weighted by Gasteiger charge is -2.29. The van der Waals surface area contributed by atoms with Crippen molar-refractivity contribution < 1.29 is 4.79 Å². The van der Waals surface area contributed by atoms with Gasteiger partial charge in [-0.25, -0.2) is 0 Å². The van der Waals surface area contributed by atoms with Gasteiger partial charge in [0.1, 0.15) is 0 Å². The maximum absolute atomic E-state index is 12.6. The molecule has 2 fully saturated rings. The Morgan fingerprint density at radius 1 is 1.21 bits per heavy atom. The van der Waals surface area contributed by atoms with Gasteiger partial charge in [0.05, 0.1) is 8.66 Å². The molecule has 0 atom stereocenters. The van der Waals surface area contributed by atoms with Crippen LogP contribution in [0.2, 0.25) is 0 Å². The van der Waals surface area contributed by atoms with E-state index < -0.39 is 0 Å². The number of halogens is 1. The van der Waals surface area contributed by atoms with Crippen LogP contribution in [0, 0.1) is 5.92 Å². The van der Waals surface area contributed by atoms with Crippen LogP contribution in [0.1, 0.15) is 54.6 Å². The van der Waals surface area contributed by atoms with Gasteiger partial charge >= 0.3 is 0 Å². The predicted octanol–water partition coefficient (Wildman–Crippen LogP) is 4.70. The standard InChI is InChI=1S/C15H20BrNOS/c16-14-9-8-13(19-14)15(18)17(12-6-7-12)10-11-4-2-1-3-5-11/h8-9,11-12H,1-7,10H2. The Bertz CT molecular complexity index is 449. The molecule has 1 amide bonds. The van der Waals surface area contributed by atoms with Gasteiger partial charge in [-0.1, -0.05) is 19.3 Å². The van der Waals surface area contributed by atoms with Crippen LogP contribution in [0.25, 0.3) is 0 Å². The molecule has 0 spiro atoms. The Morgan fingerprint density at radius 2 is 1.95 bits per heavy atom. The van der Waals surface area contributed by atoms with Crippen LogP contribution in [-0.2, 0) is 0 Å². The van der Waals surface area contributed by atoms with Crippen LogP contribution < -0.4 is 0 Å². The number of amides is 1. The van der Waals surface area contributed by atoms with Crippen LogP contribution in [0.3, 0.4) is 0 Å². The Kier molecular flexibility index (Phi) is 4.27. The average Bonchev–Trinajstić information content (AvgIpc) is 3.18. The molecule has 4 heteroatoms. The third kappa shape index (κ3) is 3.40. The van der Waals surface area contributed by atoms with Crippen LogP contribution in [0.5, 0.6) is 0 Å². The molecule has 2 saturated carbocycles. The Labute approximate surface area is 127 Å². The van der Waals surface area contributed by atoms with E-state index >= 15 is 0 Å². The van der Waals surface area contributed by atoms with Gasteiger partial charge in [-0.2, -0.15) is 0 Å². The number of thiophene rings is 1.